The van der Waals surface area contributed by atoms with Crippen molar-refractivity contribution in [1.82, 2.24) is 0 Å². The van der Waals surface area contributed by atoms with Gasteiger partial charge in [0, 0.05) is 6.42 Å². The molecule has 0 aromatic rings. The molecule has 2 aliphatic carbocycles. The smallest absolute Gasteiger partial charge is 0.316 e. The summed E-state index contributed by atoms with van der Waals surface area (Å²) in [5.74, 6) is -5.07. The van der Waals surface area contributed by atoms with E-state index < -0.39 is 28.6 Å². The standard InChI is InChI=1S/C13H20O6/c14-9(15)11(5-2-1-3-6-11)12(10(16)17)7-4-8-13(12,18)19/h18-19H,1-8H2,(H,14,15)(H,16,17). The van der Waals surface area contributed by atoms with Crippen molar-refractivity contribution < 1.29 is 30.0 Å². The molecule has 1 unspecified atom stereocenters. The topological polar surface area (TPSA) is 115 Å². The Bertz CT molecular complexity index is 396. The van der Waals surface area contributed by atoms with Crippen molar-refractivity contribution in [2.75, 3.05) is 0 Å². The van der Waals surface area contributed by atoms with Crippen molar-refractivity contribution >= 4 is 11.9 Å². The van der Waals surface area contributed by atoms with Crippen molar-refractivity contribution in [2.45, 2.75) is 57.2 Å². The van der Waals surface area contributed by atoms with Gasteiger partial charge in [-0.25, -0.2) is 0 Å². The van der Waals surface area contributed by atoms with Gasteiger partial charge >= 0.3 is 11.9 Å². The Balaban J connectivity index is 2.59. The summed E-state index contributed by atoms with van der Waals surface area (Å²) in [7, 11) is 0. The Morgan fingerprint density at radius 3 is 1.68 bits per heavy atom. The van der Waals surface area contributed by atoms with Crippen molar-refractivity contribution in [3.63, 3.8) is 0 Å². The predicted octanol–water partition coefficient (Wildman–Crippen LogP) is 0.957. The molecule has 0 aliphatic heterocycles. The lowest BCUT2D eigenvalue weighted by Crippen LogP contribution is -2.63. The van der Waals surface area contributed by atoms with Crippen molar-refractivity contribution in [3.05, 3.63) is 0 Å². The van der Waals surface area contributed by atoms with Gasteiger partial charge in [0.05, 0.1) is 5.41 Å². The number of aliphatic carboxylic acids is 2. The molecule has 0 heterocycles. The van der Waals surface area contributed by atoms with Crippen LogP contribution in [-0.4, -0.2) is 38.2 Å². The van der Waals surface area contributed by atoms with Crippen LogP contribution in [0.3, 0.4) is 0 Å². The first-order valence-corrected chi connectivity index (χ1v) is 6.72. The van der Waals surface area contributed by atoms with Crippen LogP contribution in [0, 0.1) is 10.8 Å². The fourth-order valence-electron chi connectivity index (χ4n) is 4.10. The van der Waals surface area contributed by atoms with E-state index in [1.165, 1.54) is 0 Å². The number of aliphatic hydroxyl groups is 2. The molecule has 108 valence electrons. The number of carbonyl (C=O) groups is 2. The second kappa shape index (κ2) is 4.45. The number of hydrogen-bond donors (Lipinski definition) is 4. The highest BCUT2D eigenvalue weighted by Gasteiger charge is 2.72. The Labute approximate surface area is 111 Å². The van der Waals surface area contributed by atoms with E-state index in [0.717, 1.165) is 6.42 Å². The van der Waals surface area contributed by atoms with E-state index in [4.69, 9.17) is 0 Å². The van der Waals surface area contributed by atoms with Gasteiger partial charge < -0.3 is 20.4 Å². The molecule has 6 nitrogen and oxygen atoms in total. The van der Waals surface area contributed by atoms with E-state index >= 15 is 0 Å². The second-order valence-electron chi connectivity index (χ2n) is 5.83. The molecular formula is C13H20O6. The van der Waals surface area contributed by atoms with Crippen molar-refractivity contribution in [2.24, 2.45) is 10.8 Å². The Morgan fingerprint density at radius 1 is 0.737 bits per heavy atom. The van der Waals surface area contributed by atoms with Gasteiger partial charge in [-0.05, 0) is 25.7 Å². The molecule has 0 aromatic carbocycles. The van der Waals surface area contributed by atoms with Crippen molar-refractivity contribution in [3.8, 4) is 0 Å². The second-order valence-corrected chi connectivity index (χ2v) is 5.83. The number of rotatable bonds is 3. The van der Waals surface area contributed by atoms with Gasteiger partial charge in [-0.15, -0.1) is 0 Å². The molecule has 2 rings (SSSR count). The molecule has 2 fully saturated rings. The van der Waals surface area contributed by atoms with Gasteiger partial charge in [0.1, 0.15) is 5.41 Å². The molecule has 1 atom stereocenters. The molecule has 0 aromatic heterocycles. The number of hydrogen-bond acceptors (Lipinski definition) is 4. The maximum absolute atomic E-state index is 11.8. The zero-order chi connectivity index (χ0) is 14.3. The van der Waals surface area contributed by atoms with Crippen LogP contribution in [0.25, 0.3) is 0 Å². The van der Waals surface area contributed by atoms with Crippen LogP contribution in [0.4, 0.5) is 0 Å². The Hall–Kier alpha value is -1.14. The van der Waals surface area contributed by atoms with Gasteiger partial charge in [0.15, 0.2) is 5.79 Å². The highest BCUT2D eigenvalue weighted by atomic mass is 16.5. The van der Waals surface area contributed by atoms with Crippen LogP contribution in [-0.2, 0) is 9.59 Å². The maximum Gasteiger partial charge on any atom is 0.316 e. The van der Waals surface area contributed by atoms with Gasteiger partial charge in [-0.1, -0.05) is 19.3 Å². The fourth-order valence-corrected chi connectivity index (χ4v) is 4.10. The quantitative estimate of drug-likeness (QED) is 0.569. The lowest BCUT2D eigenvalue weighted by Gasteiger charge is -2.49. The lowest BCUT2D eigenvalue weighted by molar-refractivity contribution is -0.267. The molecule has 2 saturated carbocycles. The molecule has 0 bridgehead atoms. The van der Waals surface area contributed by atoms with Gasteiger partial charge in [0.25, 0.3) is 0 Å². The predicted molar refractivity (Wildman–Crippen MR) is 64.2 cm³/mol. The summed E-state index contributed by atoms with van der Waals surface area (Å²) in [5, 5.41) is 39.5. The van der Waals surface area contributed by atoms with Crippen LogP contribution in [0.1, 0.15) is 51.4 Å². The minimum atomic E-state index is -2.45. The number of carboxylic acid groups (broad SMARTS) is 2. The van der Waals surface area contributed by atoms with E-state index in [0.29, 0.717) is 19.3 Å². The first-order chi connectivity index (χ1) is 8.80. The first kappa shape index (κ1) is 14.3. The summed E-state index contributed by atoms with van der Waals surface area (Å²) in [6, 6.07) is 0. The maximum atomic E-state index is 11.8. The van der Waals surface area contributed by atoms with E-state index in [1.807, 2.05) is 0 Å². The first-order valence-electron chi connectivity index (χ1n) is 6.72. The average molecular weight is 272 g/mol. The van der Waals surface area contributed by atoms with Crippen LogP contribution in [0.5, 0.6) is 0 Å². The molecular weight excluding hydrogens is 252 g/mol. The molecule has 0 saturated heterocycles. The molecule has 19 heavy (non-hydrogen) atoms. The van der Waals surface area contributed by atoms with Crippen LogP contribution in [0.15, 0.2) is 0 Å². The third-order valence-electron chi connectivity index (χ3n) is 5.06. The molecule has 0 radical (unpaired) electrons. The summed E-state index contributed by atoms with van der Waals surface area (Å²) in [5.41, 5.74) is -3.57. The number of carboxylic acids is 2. The monoisotopic (exact) mass is 272 g/mol. The fraction of sp³-hybridized carbons (Fsp3) is 0.846. The highest BCUT2D eigenvalue weighted by Crippen LogP contribution is 2.61. The molecule has 4 N–H and O–H groups in total. The minimum absolute atomic E-state index is 0.00162. The highest BCUT2D eigenvalue weighted by molar-refractivity contribution is 5.88. The van der Waals surface area contributed by atoms with E-state index in [-0.39, 0.29) is 25.7 Å². The molecule has 6 heteroatoms. The third kappa shape index (κ3) is 1.70. The van der Waals surface area contributed by atoms with E-state index in [9.17, 15) is 30.0 Å². The SMILES string of the molecule is O=C(O)C1(C2(C(=O)O)CCCC2(O)O)CCCCC1. The third-order valence-corrected chi connectivity index (χ3v) is 5.06. The lowest BCUT2D eigenvalue weighted by atomic mass is 9.54. The van der Waals surface area contributed by atoms with Crippen LogP contribution >= 0.6 is 0 Å². The molecule has 0 spiro atoms. The van der Waals surface area contributed by atoms with Gasteiger partial charge in [-0.2, -0.15) is 0 Å². The minimum Gasteiger partial charge on any atom is -0.481 e. The van der Waals surface area contributed by atoms with E-state index in [1.54, 1.807) is 0 Å². The zero-order valence-corrected chi connectivity index (χ0v) is 10.8. The summed E-state index contributed by atoms with van der Waals surface area (Å²) in [6.07, 6.45) is 2.68. The Kier molecular flexibility index (Phi) is 3.35. The summed E-state index contributed by atoms with van der Waals surface area (Å²) in [4.78, 5) is 23.5. The van der Waals surface area contributed by atoms with Gasteiger partial charge in [-0.3, -0.25) is 9.59 Å². The summed E-state index contributed by atoms with van der Waals surface area (Å²) >= 11 is 0. The zero-order valence-electron chi connectivity index (χ0n) is 10.8. The van der Waals surface area contributed by atoms with Crippen LogP contribution < -0.4 is 0 Å². The van der Waals surface area contributed by atoms with Gasteiger partial charge in [0.2, 0.25) is 0 Å². The van der Waals surface area contributed by atoms with E-state index in [2.05, 4.69) is 0 Å². The summed E-state index contributed by atoms with van der Waals surface area (Å²) < 4.78 is 0. The average Bonchev–Trinajstić information content (AvgIpc) is 2.66. The Morgan fingerprint density at radius 2 is 1.32 bits per heavy atom. The van der Waals surface area contributed by atoms with Crippen molar-refractivity contribution in [1.29, 1.82) is 0 Å². The molecule has 2 aliphatic rings. The summed E-state index contributed by atoms with van der Waals surface area (Å²) in [6.45, 7) is 0. The largest absolute Gasteiger partial charge is 0.481 e. The van der Waals surface area contributed by atoms with Crippen LogP contribution in [0.2, 0.25) is 0 Å². The molecule has 0 amide bonds. The normalized spacial score (nSPS) is 32.9.